The molecule has 1 atom stereocenters. The Morgan fingerprint density at radius 2 is 2.33 bits per heavy atom. The van der Waals surface area contributed by atoms with E-state index in [1.807, 2.05) is 0 Å². The molecular formula is C16H26FN3O. The van der Waals surface area contributed by atoms with E-state index in [4.69, 9.17) is 4.74 Å². The van der Waals surface area contributed by atoms with E-state index < -0.39 is 0 Å². The molecule has 0 aromatic carbocycles. The van der Waals surface area contributed by atoms with Crippen LogP contribution in [0.25, 0.3) is 0 Å². The number of aromatic nitrogens is 1. The van der Waals surface area contributed by atoms with Gasteiger partial charge in [0.05, 0.1) is 25.5 Å². The second-order valence-corrected chi connectivity index (χ2v) is 5.99. The molecule has 2 heterocycles. The minimum absolute atomic E-state index is 0.276. The highest BCUT2D eigenvalue weighted by Gasteiger charge is 2.24. The number of hydrogen-bond donors (Lipinski definition) is 1. The lowest BCUT2D eigenvalue weighted by Gasteiger charge is -2.37. The lowest BCUT2D eigenvalue weighted by molar-refractivity contribution is 0.0924. The summed E-state index contributed by atoms with van der Waals surface area (Å²) in [7, 11) is 0. The zero-order valence-corrected chi connectivity index (χ0v) is 13.2. The second kappa shape index (κ2) is 7.71. The highest BCUT2D eigenvalue weighted by molar-refractivity contribution is 5.48. The lowest BCUT2D eigenvalue weighted by Crippen LogP contribution is -2.46. The third-order valence-corrected chi connectivity index (χ3v) is 3.75. The highest BCUT2D eigenvalue weighted by atomic mass is 19.1. The minimum atomic E-state index is -0.276. The van der Waals surface area contributed by atoms with Gasteiger partial charge in [-0.15, -0.1) is 0 Å². The van der Waals surface area contributed by atoms with Crippen molar-refractivity contribution in [2.75, 3.05) is 31.2 Å². The number of anilines is 1. The summed E-state index contributed by atoms with van der Waals surface area (Å²) in [6, 6.07) is 1.92. The molecule has 1 aromatic rings. The average molecular weight is 295 g/mol. The van der Waals surface area contributed by atoms with Crippen LogP contribution in [-0.4, -0.2) is 37.3 Å². The maximum atomic E-state index is 13.5. The van der Waals surface area contributed by atoms with Gasteiger partial charge >= 0.3 is 0 Å². The van der Waals surface area contributed by atoms with Crippen molar-refractivity contribution >= 4 is 5.82 Å². The normalized spacial score (nSPS) is 19.3. The molecule has 0 saturated carbocycles. The predicted molar refractivity (Wildman–Crippen MR) is 83.0 cm³/mol. The Morgan fingerprint density at radius 3 is 3.05 bits per heavy atom. The molecule has 1 aromatic heterocycles. The van der Waals surface area contributed by atoms with Crippen LogP contribution in [0.4, 0.5) is 10.2 Å². The lowest BCUT2D eigenvalue weighted by atomic mass is 10.1. The fourth-order valence-electron chi connectivity index (χ4n) is 2.63. The van der Waals surface area contributed by atoms with Gasteiger partial charge in [0.25, 0.3) is 0 Å². The fourth-order valence-corrected chi connectivity index (χ4v) is 2.63. The van der Waals surface area contributed by atoms with Gasteiger partial charge in [-0.05, 0) is 24.9 Å². The van der Waals surface area contributed by atoms with Crippen LogP contribution in [0, 0.1) is 11.7 Å². The molecule has 1 aliphatic heterocycles. The van der Waals surface area contributed by atoms with Crippen LogP contribution in [0.5, 0.6) is 0 Å². The number of pyridine rings is 1. The molecule has 1 N–H and O–H groups in total. The van der Waals surface area contributed by atoms with Gasteiger partial charge in [0.2, 0.25) is 0 Å². The summed E-state index contributed by atoms with van der Waals surface area (Å²) >= 11 is 0. The summed E-state index contributed by atoms with van der Waals surface area (Å²) in [5.74, 6) is 1.19. The first-order valence-corrected chi connectivity index (χ1v) is 7.81. The Kier molecular flexibility index (Phi) is 5.94. The standard InChI is InChI=1S/C16H26FN3O/c1-4-15-11-21-6-5-20(15)16-13(7-14(17)10-19-16)9-18-8-12(2)3/h7,10,12,15,18H,4-6,8-9,11H2,1-3H3. The molecule has 1 fully saturated rings. The number of morpholine rings is 1. The topological polar surface area (TPSA) is 37.4 Å². The minimum Gasteiger partial charge on any atom is -0.377 e. The van der Waals surface area contributed by atoms with Crippen LogP contribution in [0.15, 0.2) is 12.3 Å². The first kappa shape index (κ1) is 16.2. The summed E-state index contributed by atoms with van der Waals surface area (Å²) in [5, 5.41) is 3.38. The quantitative estimate of drug-likeness (QED) is 0.875. The van der Waals surface area contributed by atoms with Crippen molar-refractivity contribution in [3.63, 3.8) is 0 Å². The number of halogens is 1. The molecule has 4 nitrogen and oxygen atoms in total. The third kappa shape index (κ3) is 4.38. The summed E-state index contributed by atoms with van der Waals surface area (Å²) in [4.78, 5) is 6.61. The molecule has 1 saturated heterocycles. The van der Waals surface area contributed by atoms with E-state index in [2.05, 4.69) is 36.0 Å². The van der Waals surface area contributed by atoms with Gasteiger partial charge in [-0.3, -0.25) is 0 Å². The number of ether oxygens (including phenoxy) is 1. The monoisotopic (exact) mass is 295 g/mol. The Morgan fingerprint density at radius 1 is 1.52 bits per heavy atom. The number of rotatable bonds is 6. The zero-order valence-electron chi connectivity index (χ0n) is 13.2. The van der Waals surface area contributed by atoms with Crippen molar-refractivity contribution < 1.29 is 9.13 Å². The van der Waals surface area contributed by atoms with Crippen LogP contribution in [0.1, 0.15) is 32.8 Å². The molecule has 5 heteroatoms. The number of nitrogens with one attached hydrogen (secondary N) is 1. The Hall–Kier alpha value is -1.20. The van der Waals surface area contributed by atoms with Crippen LogP contribution in [0.3, 0.4) is 0 Å². The van der Waals surface area contributed by atoms with Crippen molar-refractivity contribution in [1.82, 2.24) is 10.3 Å². The van der Waals surface area contributed by atoms with E-state index in [1.54, 1.807) is 6.07 Å². The molecule has 1 unspecified atom stereocenters. The molecule has 0 amide bonds. The predicted octanol–water partition coefficient (Wildman–Crippen LogP) is 2.58. The van der Waals surface area contributed by atoms with Crippen molar-refractivity contribution in [2.45, 2.75) is 39.8 Å². The van der Waals surface area contributed by atoms with Crippen LogP contribution in [0.2, 0.25) is 0 Å². The van der Waals surface area contributed by atoms with Crippen LogP contribution >= 0.6 is 0 Å². The Bertz CT molecular complexity index is 453. The fraction of sp³-hybridized carbons (Fsp3) is 0.688. The molecule has 2 rings (SSSR count). The number of nitrogens with zero attached hydrogens (tertiary/aromatic N) is 2. The van der Waals surface area contributed by atoms with E-state index >= 15 is 0 Å². The zero-order chi connectivity index (χ0) is 15.2. The van der Waals surface area contributed by atoms with Gasteiger partial charge in [0.1, 0.15) is 11.6 Å². The molecule has 118 valence electrons. The molecule has 0 spiro atoms. The van der Waals surface area contributed by atoms with E-state index in [-0.39, 0.29) is 5.82 Å². The van der Waals surface area contributed by atoms with E-state index in [0.717, 1.165) is 30.9 Å². The van der Waals surface area contributed by atoms with Crippen LogP contribution in [-0.2, 0) is 11.3 Å². The summed E-state index contributed by atoms with van der Waals surface area (Å²) in [5.41, 5.74) is 0.927. The summed E-state index contributed by atoms with van der Waals surface area (Å²) < 4.78 is 19.1. The maximum absolute atomic E-state index is 13.5. The van der Waals surface area contributed by atoms with Gasteiger partial charge in [0.15, 0.2) is 0 Å². The van der Waals surface area contributed by atoms with Crippen molar-refractivity contribution in [2.24, 2.45) is 5.92 Å². The summed E-state index contributed by atoms with van der Waals surface area (Å²) in [6.07, 6.45) is 2.31. The smallest absolute Gasteiger partial charge is 0.141 e. The maximum Gasteiger partial charge on any atom is 0.141 e. The van der Waals surface area contributed by atoms with Crippen LogP contribution < -0.4 is 10.2 Å². The van der Waals surface area contributed by atoms with E-state index in [9.17, 15) is 4.39 Å². The first-order valence-electron chi connectivity index (χ1n) is 7.81. The number of hydrogen-bond acceptors (Lipinski definition) is 4. The molecule has 1 aliphatic rings. The second-order valence-electron chi connectivity index (χ2n) is 5.99. The van der Waals surface area contributed by atoms with E-state index in [1.165, 1.54) is 6.20 Å². The SMILES string of the molecule is CCC1COCCN1c1ncc(F)cc1CNCC(C)C. The molecule has 0 bridgehead atoms. The van der Waals surface area contributed by atoms with E-state index in [0.29, 0.717) is 31.7 Å². The van der Waals surface area contributed by atoms with Gasteiger partial charge in [-0.2, -0.15) is 0 Å². The average Bonchev–Trinajstić information content (AvgIpc) is 2.47. The van der Waals surface area contributed by atoms with Gasteiger partial charge in [0, 0.05) is 18.7 Å². The molecular weight excluding hydrogens is 269 g/mol. The Labute approximate surface area is 126 Å². The highest BCUT2D eigenvalue weighted by Crippen LogP contribution is 2.24. The molecule has 21 heavy (non-hydrogen) atoms. The first-order chi connectivity index (χ1) is 10.1. The summed E-state index contributed by atoms with van der Waals surface area (Å²) in [6.45, 7) is 10.3. The third-order valence-electron chi connectivity index (χ3n) is 3.75. The molecule has 0 aliphatic carbocycles. The molecule has 0 radical (unpaired) electrons. The van der Waals surface area contributed by atoms with Gasteiger partial charge < -0.3 is 15.0 Å². The van der Waals surface area contributed by atoms with Gasteiger partial charge in [-0.25, -0.2) is 9.37 Å². The largest absolute Gasteiger partial charge is 0.377 e. The van der Waals surface area contributed by atoms with Gasteiger partial charge in [-0.1, -0.05) is 20.8 Å². The Balaban J connectivity index is 2.16. The van der Waals surface area contributed by atoms with Crippen molar-refractivity contribution in [1.29, 1.82) is 0 Å². The van der Waals surface area contributed by atoms with Crippen molar-refractivity contribution in [3.05, 3.63) is 23.6 Å². The van der Waals surface area contributed by atoms with Crippen molar-refractivity contribution in [3.8, 4) is 0 Å².